The van der Waals surface area contributed by atoms with Gasteiger partial charge in [-0.05, 0) is 18.6 Å². The van der Waals surface area contributed by atoms with Crippen molar-refractivity contribution in [3.8, 4) is 5.75 Å². The van der Waals surface area contributed by atoms with E-state index >= 15 is 0 Å². The number of hydrogen-bond donors (Lipinski definition) is 1. The second-order valence-electron chi connectivity index (χ2n) is 4.67. The lowest BCUT2D eigenvalue weighted by atomic mass is 10.3. The zero-order chi connectivity index (χ0) is 15.7. The van der Waals surface area contributed by atoms with E-state index in [1.807, 2.05) is 11.9 Å². The zero-order valence-electron chi connectivity index (χ0n) is 12.8. The molecule has 0 unspecified atom stereocenters. The highest BCUT2D eigenvalue weighted by atomic mass is 19.2. The average molecular weight is 299 g/mol. The fraction of sp³-hybridized carbons (Fsp3) is 0.533. The predicted molar refractivity (Wildman–Crippen MR) is 80.8 cm³/mol. The molecule has 0 radical (unpaired) electrons. The van der Waals surface area contributed by atoms with Gasteiger partial charge in [0, 0.05) is 26.7 Å². The van der Waals surface area contributed by atoms with Gasteiger partial charge in [-0.25, -0.2) is 8.78 Å². The molecule has 0 aromatic heterocycles. The second-order valence-corrected chi connectivity index (χ2v) is 4.67. The van der Waals surface area contributed by atoms with Gasteiger partial charge in [0.05, 0.1) is 6.54 Å². The number of hydrogen-bond acceptors (Lipinski definition) is 2. The number of rotatable bonds is 7. The molecule has 0 aliphatic carbocycles. The summed E-state index contributed by atoms with van der Waals surface area (Å²) >= 11 is 0. The summed E-state index contributed by atoms with van der Waals surface area (Å²) < 4.78 is 31.1. The van der Waals surface area contributed by atoms with Gasteiger partial charge in [0.1, 0.15) is 12.4 Å². The van der Waals surface area contributed by atoms with E-state index < -0.39 is 11.6 Å². The molecule has 0 amide bonds. The van der Waals surface area contributed by atoms with Gasteiger partial charge < -0.3 is 15.0 Å². The van der Waals surface area contributed by atoms with Crippen LogP contribution in [0, 0.1) is 11.6 Å². The lowest BCUT2D eigenvalue weighted by molar-refractivity contribution is 0.316. The van der Waals surface area contributed by atoms with Crippen molar-refractivity contribution < 1.29 is 13.5 Å². The summed E-state index contributed by atoms with van der Waals surface area (Å²) in [5.74, 6) is -0.684. The van der Waals surface area contributed by atoms with Crippen molar-refractivity contribution in [3.05, 3.63) is 29.8 Å². The van der Waals surface area contributed by atoms with Gasteiger partial charge in [-0.3, -0.25) is 4.99 Å². The minimum atomic E-state index is -0.907. The molecule has 0 aliphatic heterocycles. The molecule has 1 N–H and O–H groups in total. The van der Waals surface area contributed by atoms with Crippen LogP contribution in [0.1, 0.15) is 19.8 Å². The molecule has 0 saturated heterocycles. The molecule has 118 valence electrons. The van der Waals surface area contributed by atoms with Gasteiger partial charge in [0.2, 0.25) is 0 Å². The highest BCUT2D eigenvalue weighted by Gasteiger charge is 2.05. The summed E-state index contributed by atoms with van der Waals surface area (Å²) in [7, 11) is 3.70. The molecule has 6 heteroatoms. The van der Waals surface area contributed by atoms with E-state index in [9.17, 15) is 8.78 Å². The Hall–Kier alpha value is -1.85. The van der Waals surface area contributed by atoms with Crippen LogP contribution in [0.5, 0.6) is 5.75 Å². The molecule has 0 spiro atoms. The lowest BCUT2D eigenvalue weighted by Crippen LogP contribution is -2.41. The summed E-state index contributed by atoms with van der Waals surface area (Å²) in [6.07, 6.45) is 2.23. The molecular formula is C15H23F2N3O. The second kappa shape index (κ2) is 9.15. The van der Waals surface area contributed by atoms with Crippen molar-refractivity contribution in [3.63, 3.8) is 0 Å². The largest absolute Gasteiger partial charge is 0.492 e. The third kappa shape index (κ3) is 5.97. The van der Waals surface area contributed by atoms with Gasteiger partial charge in [-0.15, -0.1) is 0 Å². The number of guanidine groups is 1. The minimum absolute atomic E-state index is 0.310. The van der Waals surface area contributed by atoms with E-state index in [4.69, 9.17) is 4.74 Å². The van der Waals surface area contributed by atoms with E-state index in [0.29, 0.717) is 18.9 Å². The lowest BCUT2D eigenvalue weighted by Gasteiger charge is -2.21. The molecule has 0 heterocycles. The molecule has 0 aliphatic rings. The first-order valence-electron chi connectivity index (χ1n) is 7.08. The molecule has 0 saturated carbocycles. The first kappa shape index (κ1) is 17.2. The van der Waals surface area contributed by atoms with Crippen molar-refractivity contribution in [2.24, 2.45) is 4.99 Å². The Balaban J connectivity index is 2.33. The van der Waals surface area contributed by atoms with Gasteiger partial charge >= 0.3 is 0 Å². The van der Waals surface area contributed by atoms with E-state index in [1.165, 1.54) is 6.07 Å². The smallest absolute Gasteiger partial charge is 0.193 e. The maximum absolute atomic E-state index is 13.0. The monoisotopic (exact) mass is 299 g/mol. The molecule has 4 nitrogen and oxygen atoms in total. The molecule has 1 rings (SSSR count). The van der Waals surface area contributed by atoms with Crippen LogP contribution in [-0.4, -0.2) is 44.7 Å². The molecule has 0 fully saturated rings. The summed E-state index contributed by atoms with van der Waals surface area (Å²) in [6, 6.07) is 3.49. The Morgan fingerprint density at radius 3 is 2.71 bits per heavy atom. The fourth-order valence-corrected chi connectivity index (χ4v) is 1.78. The van der Waals surface area contributed by atoms with E-state index in [-0.39, 0.29) is 0 Å². The number of benzene rings is 1. The molecule has 0 bridgehead atoms. The van der Waals surface area contributed by atoms with Crippen LogP contribution in [0.25, 0.3) is 0 Å². The average Bonchev–Trinajstić information content (AvgIpc) is 2.48. The van der Waals surface area contributed by atoms with Crippen molar-refractivity contribution in [2.75, 3.05) is 33.8 Å². The summed E-state index contributed by atoms with van der Waals surface area (Å²) in [4.78, 5) is 6.22. The van der Waals surface area contributed by atoms with Crippen molar-refractivity contribution in [2.45, 2.75) is 19.8 Å². The Labute approximate surface area is 124 Å². The highest BCUT2D eigenvalue weighted by molar-refractivity contribution is 5.79. The first-order chi connectivity index (χ1) is 10.1. The number of aliphatic imine (C=N–C) groups is 1. The summed E-state index contributed by atoms with van der Waals surface area (Å²) in [6.45, 7) is 3.94. The summed E-state index contributed by atoms with van der Waals surface area (Å²) in [5, 5.41) is 3.16. The van der Waals surface area contributed by atoms with E-state index in [2.05, 4.69) is 17.2 Å². The van der Waals surface area contributed by atoms with Crippen molar-refractivity contribution in [1.82, 2.24) is 10.2 Å². The highest BCUT2D eigenvalue weighted by Crippen LogP contribution is 2.14. The van der Waals surface area contributed by atoms with Crippen molar-refractivity contribution in [1.29, 1.82) is 0 Å². The quantitative estimate of drug-likeness (QED) is 0.478. The minimum Gasteiger partial charge on any atom is -0.492 e. The van der Waals surface area contributed by atoms with Gasteiger partial charge in [0.15, 0.2) is 17.6 Å². The molecule has 21 heavy (non-hydrogen) atoms. The number of nitrogens with one attached hydrogen (secondary N) is 1. The van der Waals surface area contributed by atoms with Crippen LogP contribution in [-0.2, 0) is 0 Å². The number of halogens is 2. The van der Waals surface area contributed by atoms with Crippen LogP contribution >= 0.6 is 0 Å². The first-order valence-corrected chi connectivity index (χ1v) is 7.08. The normalized spacial score (nSPS) is 11.4. The zero-order valence-corrected chi connectivity index (χ0v) is 12.8. The number of nitrogens with zero attached hydrogens (tertiary/aromatic N) is 2. The number of unbranched alkanes of at least 4 members (excludes halogenated alkanes) is 1. The SMILES string of the molecule is CCCCN(C)C(=NC)NCCOc1ccc(F)c(F)c1. The standard InChI is InChI=1S/C15H23F2N3O/c1-4-5-9-20(3)15(18-2)19-8-10-21-12-6-7-13(16)14(17)11-12/h6-7,11H,4-5,8-10H2,1-3H3,(H,18,19). The molecule has 1 aromatic carbocycles. The third-order valence-electron chi connectivity index (χ3n) is 2.97. The van der Waals surface area contributed by atoms with E-state index in [1.54, 1.807) is 7.05 Å². The Bertz CT molecular complexity index is 466. The molecule has 1 aromatic rings. The Morgan fingerprint density at radius 2 is 2.10 bits per heavy atom. The van der Waals surface area contributed by atoms with Crippen LogP contribution in [0.3, 0.4) is 0 Å². The molecular weight excluding hydrogens is 276 g/mol. The summed E-state index contributed by atoms with van der Waals surface area (Å²) in [5.41, 5.74) is 0. The molecule has 0 atom stereocenters. The maximum Gasteiger partial charge on any atom is 0.193 e. The van der Waals surface area contributed by atoms with Crippen LogP contribution in [0.2, 0.25) is 0 Å². The van der Waals surface area contributed by atoms with Crippen LogP contribution < -0.4 is 10.1 Å². The Kier molecular flexibility index (Phi) is 7.50. The topological polar surface area (TPSA) is 36.9 Å². The van der Waals surface area contributed by atoms with Gasteiger partial charge in [-0.2, -0.15) is 0 Å². The number of ether oxygens (including phenoxy) is 1. The predicted octanol–water partition coefficient (Wildman–Crippen LogP) is 2.65. The van der Waals surface area contributed by atoms with E-state index in [0.717, 1.165) is 37.5 Å². The fourth-order valence-electron chi connectivity index (χ4n) is 1.78. The van der Waals surface area contributed by atoms with Crippen LogP contribution in [0.4, 0.5) is 8.78 Å². The van der Waals surface area contributed by atoms with Crippen LogP contribution in [0.15, 0.2) is 23.2 Å². The van der Waals surface area contributed by atoms with Crippen molar-refractivity contribution >= 4 is 5.96 Å². The Morgan fingerprint density at radius 1 is 1.33 bits per heavy atom. The maximum atomic E-state index is 13.0. The third-order valence-corrected chi connectivity index (χ3v) is 2.97. The van der Waals surface area contributed by atoms with Gasteiger partial charge in [-0.1, -0.05) is 13.3 Å². The van der Waals surface area contributed by atoms with Gasteiger partial charge in [0.25, 0.3) is 0 Å².